The summed E-state index contributed by atoms with van der Waals surface area (Å²) >= 11 is 0. The van der Waals surface area contributed by atoms with Crippen LogP contribution in [0.2, 0.25) is 0 Å². The molecule has 1 aromatic carbocycles. The quantitative estimate of drug-likeness (QED) is 0.840. The van der Waals surface area contributed by atoms with Gasteiger partial charge in [0.2, 0.25) is 0 Å². The normalized spacial score (nSPS) is 25.1. The van der Waals surface area contributed by atoms with E-state index >= 15 is 0 Å². The zero-order chi connectivity index (χ0) is 18.5. The monoisotopic (exact) mass is 373 g/mol. The second-order valence-corrected chi connectivity index (χ2v) is 8.11. The van der Waals surface area contributed by atoms with Gasteiger partial charge in [0.05, 0.1) is 18.5 Å². The molecule has 3 heterocycles. The van der Waals surface area contributed by atoms with E-state index in [-0.39, 0.29) is 29.6 Å². The highest BCUT2D eigenvalue weighted by atomic mass is 19.1. The average Bonchev–Trinajstić information content (AvgIpc) is 3.45. The van der Waals surface area contributed by atoms with Crippen LogP contribution in [0.1, 0.15) is 56.0 Å². The molecule has 2 aliphatic heterocycles. The average molecular weight is 373 g/mol. The molecule has 3 fully saturated rings. The summed E-state index contributed by atoms with van der Waals surface area (Å²) in [5.41, 5.74) is 1.80. The van der Waals surface area contributed by atoms with Crippen molar-refractivity contribution in [1.29, 1.82) is 0 Å². The molecule has 3 aliphatic rings. The van der Waals surface area contributed by atoms with Crippen LogP contribution in [0.4, 0.5) is 4.39 Å². The number of rotatable bonds is 3. The predicted octanol–water partition coefficient (Wildman–Crippen LogP) is 2.69. The molecule has 5 rings (SSSR count). The van der Waals surface area contributed by atoms with Crippen molar-refractivity contribution in [3.63, 3.8) is 0 Å². The number of carbonyl (C=O) groups excluding carboxylic acids is 1. The zero-order valence-electron chi connectivity index (χ0n) is 15.2. The molecule has 27 heavy (non-hydrogen) atoms. The third kappa shape index (κ3) is 3.08. The van der Waals surface area contributed by atoms with E-state index in [9.17, 15) is 14.0 Å². The van der Waals surface area contributed by atoms with E-state index in [0.29, 0.717) is 30.0 Å². The zero-order valence-corrected chi connectivity index (χ0v) is 15.2. The maximum atomic E-state index is 14.5. The van der Waals surface area contributed by atoms with Crippen molar-refractivity contribution >= 4 is 17.0 Å². The minimum atomic E-state index is -0.330. The summed E-state index contributed by atoms with van der Waals surface area (Å²) in [6.07, 6.45) is 5.18. The number of fused-ring (bicyclic) bond motifs is 1. The molecule has 0 amide bonds. The summed E-state index contributed by atoms with van der Waals surface area (Å²) in [7, 11) is 0. The van der Waals surface area contributed by atoms with Crippen molar-refractivity contribution in [3.8, 4) is 0 Å². The van der Waals surface area contributed by atoms with Gasteiger partial charge in [-0.1, -0.05) is 0 Å². The number of carbonyl (C=O) groups is 1. The molecule has 1 N–H and O–H groups in total. The van der Waals surface area contributed by atoms with E-state index in [1.165, 1.54) is 0 Å². The number of esters is 1. The van der Waals surface area contributed by atoms with E-state index in [0.717, 1.165) is 50.8 Å². The lowest BCUT2D eigenvalue weighted by Crippen LogP contribution is -2.46. The number of imidazole rings is 1. The Labute approximate surface area is 156 Å². The van der Waals surface area contributed by atoms with Crippen LogP contribution < -0.4 is 5.69 Å². The molecular weight excluding hydrogens is 349 g/mol. The van der Waals surface area contributed by atoms with Gasteiger partial charge in [-0.05, 0) is 55.7 Å². The topological polar surface area (TPSA) is 67.3 Å². The smallest absolute Gasteiger partial charge is 0.326 e. The third-order valence-corrected chi connectivity index (χ3v) is 6.35. The van der Waals surface area contributed by atoms with Crippen LogP contribution in [-0.2, 0) is 9.53 Å². The number of nitrogens with one attached hydrogen (secondary N) is 1. The highest BCUT2D eigenvalue weighted by Gasteiger charge is 2.32. The molecule has 2 aromatic rings. The van der Waals surface area contributed by atoms with Gasteiger partial charge in [0, 0.05) is 25.2 Å². The first-order valence-corrected chi connectivity index (χ1v) is 9.93. The fourth-order valence-corrected chi connectivity index (χ4v) is 4.70. The van der Waals surface area contributed by atoms with Gasteiger partial charge in [-0.2, -0.15) is 0 Å². The number of hydrogen-bond acceptors (Lipinski definition) is 4. The van der Waals surface area contributed by atoms with Gasteiger partial charge in [-0.3, -0.25) is 14.3 Å². The van der Waals surface area contributed by atoms with Crippen LogP contribution in [0.5, 0.6) is 0 Å². The van der Waals surface area contributed by atoms with Gasteiger partial charge in [0.25, 0.3) is 0 Å². The van der Waals surface area contributed by atoms with Gasteiger partial charge in [0.15, 0.2) is 0 Å². The number of cyclic esters (lactones) is 1. The van der Waals surface area contributed by atoms with Crippen LogP contribution in [0.3, 0.4) is 0 Å². The molecule has 1 saturated carbocycles. The number of likely N-dealkylation sites (tertiary alicyclic amines) is 1. The molecule has 1 unspecified atom stereocenters. The molecule has 144 valence electrons. The molecule has 0 radical (unpaired) electrons. The minimum Gasteiger partial charge on any atom is -0.466 e. The highest BCUT2D eigenvalue weighted by molar-refractivity contribution is 5.77. The molecule has 6 nitrogen and oxygen atoms in total. The van der Waals surface area contributed by atoms with Gasteiger partial charge in [0.1, 0.15) is 11.3 Å². The molecule has 0 bridgehead atoms. The number of nitrogens with zero attached hydrogens (tertiary/aromatic N) is 2. The summed E-state index contributed by atoms with van der Waals surface area (Å²) in [6.45, 7) is 2.17. The van der Waals surface area contributed by atoms with Gasteiger partial charge in [-0.25, -0.2) is 9.18 Å². The maximum Gasteiger partial charge on any atom is 0.326 e. The second kappa shape index (κ2) is 6.48. The van der Waals surface area contributed by atoms with Crippen LogP contribution in [0, 0.1) is 5.82 Å². The van der Waals surface area contributed by atoms with E-state index < -0.39 is 0 Å². The molecule has 1 atom stereocenters. The number of aromatic nitrogens is 2. The molecule has 1 aromatic heterocycles. The Bertz CT molecular complexity index is 938. The molecule has 2 saturated heterocycles. The van der Waals surface area contributed by atoms with Gasteiger partial charge in [-0.15, -0.1) is 0 Å². The minimum absolute atomic E-state index is 0.0619. The Hall–Kier alpha value is -2.15. The Balaban J connectivity index is 1.39. The van der Waals surface area contributed by atoms with E-state index in [4.69, 9.17) is 4.74 Å². The summed E-state index contributed by atoms with van der Waals surface area (Å²) in [6, 6.07) is 3.88. The number of aromatic amines is 1. The fraction of sp³-hybridized carbons (Fsp3) is 0.600. The Morgan fingerprint density at radius 2 is 1.81 bits per heavy atom. The first-order chi connectivity index (χ1) is 13.1. The SMILES string of the molecule is O=C1CC(N2CCC(n3c(=O)[nH]c4c(F)cc(C5CC5)cc43)CC2)CCO1. The highest BCUT2D eigenvalue weighted by Crippen LogP contribution is 2.41. The third-order valence-electron chi connectivity index (χ3n) is 6.35. The molecule has 0 spiro atoms. The first kappa shape index (κ1) is 17.0. The Morgan fingerprint density at radius 3 is 2.52 bits per heavy atom. The molecule has 1 aliphatic carbocycles. The lowest BCUT2D eigenvalue weighted by atomic mass is 9.99. The lowest BCUT2D eigenvalue weighted by molar-refractivity contribution is -0.150. The van der Waals surface area contributed by atoms with Crippen molar-refractivity contribution in [2.75, 3.05) is 19.7 Å². The van der Waals surface area contributed by atoms with E-state index in [2.05, 4.69) is 9.88 Å². The van der Waals surface area contributed by atoms with Crippen molar-refractivity contribution in [2.24, 2.45) is 0 Å². The first-order valence-electron chi connectivity index (χ1n) is 9.93. The van der Waals surface area contributed by atoms with Crippen molar-refractivity contribution in [1.82, 2.24) is 14.5 Å². The van der Waals surface area contributed by atoms with E-state index in [1.54, 1.807) is 10.6 Å². The lowest BCUT2D eigenvalue weighted by Gasteiger charge is -2.38. The number of piperidine rings is 1. The van der Waals surface area contributed by atoms with Crippen molar-refractivity contribution in [3.05, 3.63) is 34.0 Å². The predicted molar refractivity (Wildman–Crippen MR) is 98.3 cm³/mol. The van der Waals surface area contributed by atoms with E-state index in [1.807, 2.05) is 6.07 Å². The molecule has 7 heteroatoms. The summed E-state index contributed by atoms with van der Waals surface area (Å²) in [4.78, 5) is 29.2. The van der Waals surface area contributed by atoms with Crippen LogP contribution in [-0.4, -0.2) is 46.2 Å². The summed E-state index contributed by atoms with van der Waals surface area (Å²) in [5, 5.41) is 0. The Kier molecular flexibility index (Phi) is 4.07. The van der Waals surface area contributed by atoms with Crippen LogP contribution in [0.15, 0.2) is 16.9 Å². The largest absolute Gasteiger partial charge is 0.466 e. The fourth-order valence-electron chi connectivity index (χ4n) is 4.70. The van der Waals surface area contributed by atoms with Crippen molar-refractivity contribution in [2.45, 2.75) is 56.5 Å². The second-order valence-electron chi connectivity index (χ2n) is 8.11. The summed E-state index contributed by atoms with van der Waals surface area (Å²) < 4.78 is 21.3. The Morgan fingerprint density at radius 1 is 1.04 bits per heavy atom. The standard InChI is InChI=1S/C20H24FN3O3/c21-16-9-13(12-1-2-12)10-17-19(16)22-20(26)24(17)14-3-6-23(7-4-14)15-5-8-27-18(25)11-15/h9-10,12,14-15H,1-8,11H2,(H,22,26). The van der Waals surface area contributed by atoms with Gasteiger partial charge >= 0.3 is 11.7 Å². The number of hydrogen-bond donors (Lipinski definition) is 1. The number of benzene rings is 1. The molecular formula is C20H24FN3O3. The maximum absolute atomic E-state index is 14.5. The summed E-state index contributed by atoms with van der Waals surface area (Å²) in [5.74, 6) is -0.0111. The number of halogens is 1. The van der Waals surface area contributed by atoms with Gasteiger partial charge < -0.3 is 9.72 Å². The van der Waals surface area contributed by atoms with Crippen molar-refractivity contribution < 1.29 is 13.9 Å². The van der Waals surface area contributed by atoms with Crippen LogP contribution >= 0.6 is 0 Å². The van der Waals surface area contributed by atoms with Crippen LogP contribution in [0.25, 0.3) is 11.0 Å². The number of H-pyrrole nitrogens is 1. The number of ether oxygens (including phenoxy) is 1.